The molecule has 0 spiro atoms. The fourth-order valence-corrected chi connectivity index (χ4v) is 1.53. The second-order valence-corrected chi connectivity index (χ2v) is 3.36. The van der Waals surface area contributed by atoms with E-state index in [-0.39, 0.29) is 12.5 Å². The minimum absolute atomic E-state index is 0.120. The van der Waals surface area contributed by atoms with Crippen LogP contribution in [0.5, 0.6) is 0 Å². The highest BCUT2D eigenvalue weighted by Gasteiger charge is 2.17. The zero-order valence-corrected chi connectivity index (χ0v) is 7.42. The largest absolute Gasteiger partial charge is 0.481 e. The molecule has 1 aliphatic rings. The molecule has 1 atom stereocenters. The number of carbonyl (C=O) groups is 1. The van der Waals surface area contributed by atoms with E-state index >= 15 is 0 Å². The molecule has 1 saturated heterocycles. The number of hydrogen-bond donors (Lipinski definition) is 2. The van der Waals surface area contributed by atoms with E-state index in [9.17, 15) is 4.79 Å². The summed E-state index contributed by atoms with van der Waals surface area (Å²) in [4.78, 5) is 12.6. The molecule has 1 aliphatic heterocycles. The number of nitrogens with zero attached hydrogens (tertiary/aromatic N) is 1. The van der Waals surface area contributed by atoms with Gasteiger partial charge in [0.2, 0.25) is 0 Å². The van der Waals surface area contributed by atoms with Crippen molar-refractivity contribution in [3.8, 4) is 0 Å². The molecule has 2 N–H and O–H groups in total. The van der Waals surface area contributed by atoms with Gasteiger partial charge in [0.05, 0.1) is 6.42 Å². The van der Waals surface area contributed by atoms with Crippen LogP contribution in [0.1, 0.15) is 12.8 Å². The summed E-state index contributed by atoms with van der Waals surface area (Å²) in [7, 11) is 2.03. The molecule has 0 aromatic heterocycles. The van der Waals surface area contributed by atoms with Gasteiger partial charge in [-0.15, -0.1) is 0 Å². The second-order valence-electron chi connectivity index (χ2n) is 3.36. The highest BCUT2D eigenvalue weighted by molar-refractivity contribution is 5.67. The number of aliphatic carboxylic acids is 1. The van der Waals surface area contributed by atoms with E-state index in [1.807, 2.05) is 7.05 Å². The van der Waals surface area contributed by atoms with Crippen LogP contribution in [0.3, 0.4) is 0 Å². The average molecular weight is 172 g/mol. The molecule has 1 rings (SSSR count). The van der Waals surface area contributed by atoms with Gasteiger partial charge in [-0.25, -0.2) is 0 Å². The lowest BCUT2D eigenvalue weighted by Gasteiger charge is -2.18. The van der Waals surface area contributed by atoms with Crippen LogP contribution in [0.4, 0.5) is 0 Å². The molecule has 12 heavy (non-hydrogen) atoms. The molecule has 0 bridgehead atoms. The van der Waals surface area contributed by atoms with Gasteiger partial charge in [-0.3, -0.25) is 4.79 Å². The lowest BCUT2D eigenvalue weighted by atomic mass is 10.2. The first kappa shape index (κ1) is 9.48. The highest BCUT2D eigenvalue weighted by atomic mass is 16.4. The number of carboxylic acids is 1. The van der Waals surface area contributed by atoms with Gasteiger partial charge >= 0.3 is 5.97 Å². The molecule has 4 heteroatoms. The molecule has 4 nitrogen and oxygen atoms in total. The molecule has 0 aromatic carbocycles. The first-order valence-corrected chi connectivity index (χ1v) is 4.32. The Bertz CT molecular complexity index is 161. The van der Waals surface area contributed by atoms with Gasteiger partial charge in [0.15, 0.2) is 0 Å². The van der Waals surface area contributed by atoms with Gasteiger partial charge in [0, 0.05) is 12.6 Å². The number of hydrogen-bond acceptors (Lipinski definition) is 3. The SMILES string of the molecule is CN1CCCNC(CC(=O)O)C1. The van der Waals surface area contributed by atoms with Crippen LogP contribution >= 0.6 is 0 Å². The van der Waals surface area contributed by atoms with E-state index in [2.05, 4.69) is 10.2 Å². The van der Waals surface area contributed by atoms with Crippen molar-refractivity contribution < 1.29 is 9.90 Å². The third kappa shape index (κ3) is 3.19. The maximum absolute atomic E-state index is 10.4. The summed E-state index contributed by atoms with van der Waals surface area (Å²) in [5.74, 6) is -0.720. The fourth-order valence-electron chi connectivity index (χ4n) is 1.53. The third-order valence-corrected chi connectivity index (χ3v) is 2.10. The van der Waals surface area contributed by atoms with Crippen molar-refractivity contribution in [2.24, 2.45) is 0 Å². The summed E-state index contributed by atoms with van der Waals surface area (Å²) in [5, 5.41) is 11.8. The summed E-state index contributed by atoms with van der Waals surface area (Å²) in [6.07, 6.45) is 1.33. The Hall–Kier alpha value is -0.610. The minimum Gasteiger partial charge on any atom is -0.481 e. The Morgan fingerprint density at radius 2 is 2.50 bits per heavy atom. The first-order valence-electron chi connectivity index (χ1n) is 4.32. The Kier molecular flexibility index (Phi) is 3.49. The van der Waals surface area contributed by atoms with Crippen molar-refractivity contribution >= 4 is 5.97 Å². The first-order chi connectivity index (χ1) is 5.68. The van der Waals surface area contributed by atoms with Crippen molar-refractivity contribution in [1.82, 2.24) is 10.2 Å². The van der Waals surface area contributed by atoms with Crippen molar-refractivity contribution in [3.05, 3.63) is 0 Å². The van der Waals surface area contributed by atoms with Crippen molar-refractivity contribution in [2.45, 2.75) is 18.9 Å². The lowest BCUT2D eigenvalue weighted by molar-refractivity contribution is -0.137. The topological polar surface area (TPSA) is 52.6 Å². The molecule has 1 fully saturated rings. The molecular weight excluding hydrogens is 156 g/mol. The zero-order valence-electron chi connectivity index (χ0n) is 7.42. The molecule has 1 heterocycles. The highest BCUT2D eigenvalue weighted by Crippen LogP contribution is 2.00. The Morgan fingerprint density at radius 3 is 3.17 bits per heavy atom. The maximum Gasteiger partial charge on any atom is 0.304 e. The molecule has 0 radical (unpaired) electrons. The second kappa shape index (κ2) is 4.42. The predicted molar refractivity (Wildman–Crippen MR) is 46.2 cm³/mol. The van der Waals surface area contributed by atoms with E-state index in [1.54, 1.807) is 0 Å². The van der Waals surface area contributed by atoms with Crippen LogP contribution in [0.25, 0.3) is 0 Å². The third-order valence-electron chi connectivity index (χ3n) is 2.10. The van der Waals surface area contributed by atoms with Crippen molar-refractivity contribution in [1.29, 1.82) is 0 Å². The Labute approximate surface area is 72.6 Å². The van der Waals surface area contributed by atoms with E-state index < -0.39 is 5.97 Å². The van der Waals surface area contributed by atoms with Gasteiger partial charge in [0.25, 0.3) is 0 Å². The summed E-state index contributed by atoms with van der Waals surface area (Å²) in [6, 6.07) is 0.120. The smallest absolute Gasteiger partial charge is 0.304 e. The van der Waals surface area contributed by atoms with Gasteiger partial charge in [-0.2, -0.15) is 0 Å². The molecule has 0 aromatic rings. The molecule has 0 aliphatic carbocycles. The fraction of sp³-hybridized carbons (Fsp3) is 0.875. The van der Waals surface area contributed by atoms with Gasteiger partial charge < -0.3 is 15.3 Å². The number of carboxylic acid groups (broad SMARTS) is 1. The molecule has 0 saturated carbocycles. The summed E-state index contributed by atoms with van der Waals surface area (Å²) >= 11 is 0. The van der Waals surface area contributed by atoms with Gasteiger partial charge in [-0.05, 0) is 26.6 Å². The van der Waals surface area contributed by atoms with Crippen LogP contribution in [0, 0.1) is 0 Å². The Morgan fingerprint density at radius 1 is 1.75 bits per heavy atom. The Balaban J connectivity index is 2.35. The minimum atomic E-state index is -0.720. The lowest BCUT2D eigenvalue weighted by Crippen LogP contribution is -2.37. The van der Waals surface area contributed by atoms with Crippen LogP contribution < -0.4 is 5.32 Å². The van der Waals surface area contributed by atoms with E-state index in [1.165, 1.54) is 0 Å². The van der Waals surface area contributed by atoms with E-state index in [0.717, 1.165) is 26.1 Å². The standard InChI is InChI=1S/C8H16N2O2/c1-10-4-2-3-9-7(6-10)5-8(11)12/h7,9H,2-6H2,1H3,(H,11,12). The number of rotatable bonds is 2. The van der Waals surface area contributed by atoms with Crippen molar-refractivity contribution in [2.75, 3.05) is 26.7 Å². The quantitative estimate of drug-likeness (QED) is 0.603. The van der Waals surface area contributed by atoms with Crippen LogP contribution in [-0.4, -0.2) is 48.7 Å². The van der Waals surface area contributed by atoms with E-state index in [0.29, 0.717) is 0 Å². The van der Waals surface area contributed by atoms with Crippen LogP contribution in [0.15, 0.2) is 0 Å². The van der Waals surface area contributed by atoms with E-state index in [4.69, 9.17) is 5.11 Å². The van der Waals surface area contributed by atoms with Crippen LogP contribution in [0.2, 0.25) is 0 Å². The van der Waals surface area contributed by atoms with Crippen molar-refractivity contribution in [3.63, 3.8) is 0 Å². The maximum atomic E-state index is 10.4. The van der Waals surface area contributed by atoms with Crippen LogP contribution in [-0.2, 0) is 4.79 Å². The zero-order chi connectivity index (χ0) is 8.97. The molecule has 0 amide bonds. The number of likely N-dealkylation sites (N-methyl/N-ethyl adjacent to an activating group) is 1. The monoisotopic (exact) mass is 172 g/mol. The summed E-state index contributed by atoms with van der Waals surface area (Å²) in [5.41, 5.74) is 0. The predicted octanol–water partition coefficient (Wildman–Crippen LogP) is -0.245. The molecular formula is C8H16N2O2. The van der Waals surface area contributed by atoms with Gasteiger partial charge in [0.1, 0.15) is 0 Å². The summed E-state index contributed by atoms with van der Waals surface area (Å²) < 4.78 is 0. The van der Waals surface area contributed by atoms with Gasteiger partial charge in [-0.1, -0.05) is 0 Å². The number of nitrogens with one attached hydrogen (secondary N) is 1. The average Bonchev–Trinajstić information content (AvgIpc) is 2.12. The normalized spacial score (nSPS) is 26.6. The molecule has 1 unspecified atom stereocenters. The molecule has 70 valence electrons. The summed E-state index contributed by atoms with van der Waals surface area (Å²) in [6.45, 7) is 2.83.